The number of fused-ring (bicyclic) bond motifs is 1. The number of carbonyl (C=O) groups is 2. The summed E-state index contributed by atoms with van der Waals surface area (Å²) in [4.78, 5) is 25.5. The van der Waals surface area contributed by atoms with Gasteiger partial charge < -0.3 is 14.8 Å². The van der Waals surface area contributed by atoms with E-state index in [-0.39, 0.29) is 12.5 Å². The Balaban J connectivity index is 1.55. The Kier molecular flexibility index (Phi) is 6.62. The maximum absolute atomic E-state index is 12.8. The number of hydrogen-bond acceptors (Lipinski definition) is 5. The van der Waals surface area contributed by atoms with Crippen LogP contribution in [0.2, 0.25) is 0 Å². The van der Waals surface area contributed by atoms with E-state index in [0.29, 0.717) is 22.6 Å². The third-order valence-electron chi connectivity index (χ3n) is 4.49. The van der Waals surface area contributed by atoms with Crippen molar-refractivity contribution in [2.24, 2.45) is 5.10 Å². The van der Waals surface area contributed by atoms with Gasteiger partial charge in [-0.15, -0.1) is 0 Å². The van der Waals surface area contributed by atoms with Gasteiger partial charge in [0.1, 0.15) is 5.70 Å². The zero-order valence-electron chi connectivity index (χ0n) is 16.7. The minimum absolute atomic E-state index is 0.0330. The van der Waals surface area contributed by atoms with Crippen molar-refractivity contribution >= 4 is 40.0 Å². The van der Waals surface area contributed by atoms with Crippen LogP contribution in [0.15, 0.2) is 88.1 Å². The van der Waals surface area contributed by atoms with Crippen LogP contribution in [-0.4, -0.2) is 24.8 Å². The number of nitrogens with zero attached hydrogens (tertiary/aromatic N) is 1. The standard InChI is InChI=1S/C24H18BrN3O4/c25-19-9-6-16(7-10-19)14-26-28-24(30)20(27-23(29)18-4-2-1-3-5-18)12-17-8-11-21-22(13-17)32-15-31-21/h1-14H,15H2,(H,27,29)(H,28,30). The third kappa shape index (κ3) is 5.41. The van der Waals surface area contributed by atoms with Crippen LogP contribution in [-0.2, 0) is 4.79 Å². The molecule has 4 rings (SSSR count). The average molecular weight is 492 g/mol. The molecule has 0 aromatic heterocycles. The van der Waals surface area contributed by atoms with E-state index >= 15 is 0 Å². The number of benzene rings is 3. The molecule has 0 saturated heterocycles. The Bertz CT molecular complexity index is 1190. The van der Waals surface area contributed by atoms with Gasteiger partial charge in [-0.3, -0.25) is 9.59 Å². The fourth-order valence-corrected chi connectivity index (χ4v) is 3.15. The highest BCUT2D eigenvalue weighted by Gasteiger charge is 2.16. The molecule has 2 N–H and O–H groups in total. The molecule has 3 aromatic rings. The number of amides is 2. The molecule has 1 aliphatic rings. The van der Waals surface area contributed by atoms with Crippen LogP contribution in [0.25, 0.3) is 6.08 Å². The molecular weight excluding hydrogens is 474 g/mol. The molecule has 0 bridgehead atoms. The molecule has 0 unspecified atom stereocenters. The minimum Gasteiger partial charge on any atom is -0.454 e. The van der Waals surface area contributed by atoms with Gasteiger partial charge in [0.15, 0.2) is 11.5 Å². The van der Waals surface area contributed by atoms with E-state index in [4.69, 9.17) is 9.47 Å². The quantitative estimate of drug-likeness (QED) is 0.308. The second-order valence-electron chi connectivity index (χ2n) is 6.74. The number of hydrogen-bond donors (Lipinski definition) is 2. The lowest BCUT2D eigenvalue weighted by Crippen LogP contribution is -2.32. The SMILES string of the molecule is O=C(NN=Cc1ccc(Br)cc1)C(=Cc1ccc2c(c1)OCO2)NC(=O)c1ccccc1. The fourth-order valence-electron chi connectivity index (χ4n) is 2.89. The van der Waals surface area contributed by atoms with Gasteiger partial charge in [-0.05, 0) is 53.6 Å². The molecular formula is C24H18BrN3O4. The third-order valence-corrected chi connectivity index (χ3v) is 5.01. The molecule has 32 heavy (non-hydrogen) atoms. The molecule has 3 aromatic carbocycles. The molecule has 0 fully saturated rings. The van der Waals surface area contributed by atoms with Crippen LogP contribution in [0.5, 0.6) is 11.5 Å². The van der Waals surface area contributed by atoms with Crippen molar-refractivity contribution in [3.63, 3.8) is 0 Å². The van der Waals surface area contributed by atoms with Crippen LogP contribution < -0.4 is 20.2 Å². The lowest BCUT2D eigenvalue weighted by Gasteiger charge is -2.09. The fraction of sp³-hybridized carbons (Fsp3) is 0.0417. The minimum atomic E-state index is -0.569. The lowest BCUT2D eigenvalue weighted by molar-refractivity contribution is -0.117. The van der Waals surface area contributed by atoms with Crippen molar-refractivity contribution in [2.45, 2.75) is 0 Å². The molecule has 160 valence electrons. The van der Waals surface area contributed by atoms with E-state index in [1.165, 1.54) is 6.21 Å². The molecule has 0 radical (unpaired) electrons. The Hall–Kier alpha value is -3.91. The average Bonchev–Trinajstić information content (AvgIpc) is 3.28. The van der Waals surface area contributed by atoms with Gasteiger partial charge in [-0.25, -0.2) is 5.43 Å². The van der Waals surface area contributed by atoms with Gasteiger partial charge in [0, 0.05) is 10.0 Å². The summed E-state index contributed by atoms with van der Waals surface area (Å²) < 4.78 is 11.6. The van der Waals surface area contributed by atoms with E-state index < -0.39 is 11.8 Å². The Morgan fingerprint density at radius 2 is 1.62 bits per heavy atom. The van der Waals surface area contributed by atoms with E-state index in [2.05, 4.69) is 31.8 Å². The number of halogens is 1. The van der Waals surface area contributed by atoms with E-state index in [9.17, 15) is 9.59 Å². The first kappa shape index (κ1) is 21.3. The molecule has 7 nitrogen and oxygen atoms in total. The van der Waals surface area contributed by atoms with Crippen LogP contribution in [0.4, 0.5) is 0 Å². The number of nitrogens with one attached hydrogen (secondary N) is 2. The highest BCUT2D eigenvalue weighted by atomic mass is 79.9. The first-order valence-corrected chi connectivity index (χ1v) is 10.4. The molecule has 8 heteroatoms. The number of hydrazone groups is 1. The Morgan fingerprint density at radius 1 is 0.906 bits per heavy atom. The van der Waals surface area contributed by atoms with Crippen LogP contribution >= 0.6 is 15.9 Å². The first-order valence-electron chi connectivity index (χ1n) is 9.65. The molecule has 1 heterocycles. The van der Waals surface area contributed by atoms with E-state index in [1.54, 1.807) is 48.5 Å². The van der Waals surface area contributed by atoms with Crippen molar-refractivity contribution in [2.75, 3.05) is 6.79 Å². The monoisotopic (exact) mass is 491 g/mol. The van der Waals surface area contributed by atoms with Gasteiger partial charge in [0.25, 0.3) is 11.8 Å². The van der Waals surface area contributed by atoms with Crippen molar-refractivity contribution in [1.82, 2.24) is 10.7 Å². The van der Waals surface area contributed by atoms with Gasteiger partial charge in [-0.1, -0.05) is 52.3 Å². The van der Waals surface area contributed by atoms with Gasteiger partial charge in [0.2, 0.25) is 6.79 Å². The summed E-state index contributed by atoms with van der Waals surface area (Å²) in [5.41, 5.74) is 4.38. The van der Waals surface area contributed by atoms with Crippen molar-refractivity contribution < 1.29 is 19.1 Å². The molecule has 2 amide bonds. The predicted molar refractivity (Wildman–Crippen MR) is 124 cm³/mol. The summed E-state index contributed by atoms with van der Waals surface area (Å²) in [6, 6.07) is 21.3. The van der Waals surface area contributed by atoms with Gasteiger partial charge >= 0.3 is 0 Å². The molecule has 1 aliphatic heterocycles. The molecule has 0 spiro atoms. The summed E-state index contributed by atoms with van der Waals surface area (Å²) >= 11 is 3.37. The summed E-state index contributed by atoms with van der Waals surface area (Å²) in [6.07, 6.45) is 3.06. The number of ether oxygens (including phenoxy) is 2. The summed E-state index contributed by atoms with van der Waals surface area (Å²) in [7, 11) is 0. The maximum atomic E-state index is 12.8. The van der Waals surface area contributed by atoms with Crippen molar-refractivity contribution in [3.05, 3.63) is 99.7 Å². The van der Waals surface area contributed by atoms with E-state index in [0.717, 1.165) is 10.0 Å². The normalized spacial score (nSPS) is 12.6. The van der Waals surface area contributed by atoms with Crippen LogP contribution in [0.1, 0.15) is 21.5 Å². The smallest absolute Gasteiger partial charge is 0.287 e. The second kappa shape index (κ2) is 9.93. The molecule has 0 saturated carbocycles. The maximum Gasteiger partial charge on any atom is 0.287 e. The predicted octanol–water partition coefficient (Wildman–Crippen LogP) is 4.10. The lowest BCUT2D eigenvalue weighted by atomic mass is 10.1. The number of carbonyl (C=O) groups excluding carboxylic acids is 2. The van der Waals surface area contributed by atoms with Crippen molar-refractivity contribution in [3.8, 4) is 11.5 Å². The summed E-state index contributed by atoms with van der Waals surface area (Å²) in [5.74, 6) is 0.215. The Labute approximate surface area is 192 Å². The zero-order chi connectivity index (χ0) is 22.3. The highest BCUT2D eigenvalue weighted by molar-refractivity contribution is 9.10. The van der Waals surface area contributed by atoms with E-state index in [1.807, 2.05) is 30.3 Å². The summed E-state index contributed by atoms with van der Waals surface area (Å²) in [6.45, 7) is 0.144. The Morgan fingerprint density at radius 3 is 2.41 bits per heavy atom. The van der Waals surface area contributed by atoms with Crippen molar-refractivity contribution in [1.29, 1.82) is 0 Å². The van der Waals surface area contributed by atoms with Gasteiger partial charge in [-0.2, -0.15) is 5.10 Å². The summed E-state index contributed by atoms with van der Waals surface area (Å²) in [5, 5.41) is 6.66. The number of rotatable bonds is 6. The molecule has 0 aliphatic carbocycles. The van der Waals surface area contributed by atoms with Crippen LogP contribution in [0, 0.1) is 0 Å². The zero-order valence-corrected chi connectivity index (χ0v) is 18.3. The molecule has 0 atom stereocenters. The largest absolute Gasteiger partial charge is 0.454 e. The topological polar surface area (TPSA) is 89.0 Å². The second-order valence-corrected chi connectivity index (χ2v) is 7.66. The van der Waals surface area contributed by atoms with Gasteiger partial charge in [0.05, 0.1) is 6.21 Å². The first-order chi connectivity index (χ1) is 15.6. The highest BCUT2D eigenvalue weighted by Crippen LogP contribution is 2.33. The van der Waals surface area contributed by atoms with Crippen LogP contribution in [0.3, 0.4) is 0 Å².